The molecular formula is C16H20N2OS. The maximum atomic E-state index is 12.1. The first-order chi connectivity index (χ1) is 9.61. The monoisotopic (exact) mass is 288 g/mol. The van der Waals surface area contributed by atoms with E-state index in [4.69, 9.17) is 5.73 Å². The molecule has 1 aromatic carbocycles. The van der Waals surface area contributed by atoms with Crippen molar-refractivity contribution in [1.29, 1.82) is 0 Å². The van der Waals surface area contributed by atoms with E-state index in [2.05, 4.69) is 23.7 Å². The second-order valence-electron chi connectivity index (χ2n) is 4.83. The maximum Gasteiger partial charge on any atom is 0.241 e. The number of hydrogen-bond donors (Lipinski definition) is 2. The van der Waals surface area contributed by atoms with Crippen molar-refractivity contribution in [2.75, 3.05) is 0 Å². The van der Waals surface area contributed by atoms with Crippen LogP contribution in [0.25, 0.3) is 0 Å². The van der Waals surface area contributed by atoms with E-state index in [-0.39, 0.29) is 5.91 Å². The van der Waals surface area contributed by atoms with E-state index in [0.717, 1.165) is 17.5 Å². The van der Waals surface area contributed by atoms with E-state index in [9.17, 15) is 4.79 Å². The Morgan fingerprint density at radius 3 is 2.65 bits per heavy atom. The van der Waals surface area contributed by atoms with Crippen molar-refractivity contribution in [3.8, 4) is 0 Å². The van der Waals surface area contributed by atoms with Crippen molar-refractivity contribution in [3.05, 3.63) is 57.3 Å². The third-order valence-corrected chi connectivity index (χ3v) is 4.32. The number of thiophene rings is 1. The summed E-state index contributed by atoms with van der Waals surface area (Å²) in [6, 6.07) is 9.24. The molecule has 0 bridgehead atoms. The van der Waals surface area contributed by atoms with Crippen LogP contribution in [-0.2, 0) is 17.8 Å². The van der Waals surface area contributed by atoms with Gasteiger partial charge in [-0.1, -0.05) is 36.8 Å². The molecule has 0 aliphatic rings. The summed E-state index contributed by atoms with van der Waals surface area (Å²) in [7, 11) is 0. The number of benzene rings is 1. The van der Waals surface area contributed by atoms with Crippen molar-refractivity contribution in [2.24, 2.45) is 5.73 Å². The highest BCUT2D eigenvalue weighted by molar-refractivity contribution is 7.10. The molecule has 0 saturated carbocycles. The van der Waals surface area contributed by atoms with Crippen LogP contribution in [0.4, 0.5) is 0 Å². The summed E-state index contributed by atoms with van der Waals surface area (Å²) in [5.41, 5.74) is 9.28. The number of nitrogens with two attached hydrogens (primary N) is 1. The summed E-state index contributed by atoms with van der Waals surface area (Å²) in [5, 5.41) is 4.97. The average molecular weight is 288 g/mol. The Morgan fingerprint density at radius 1 is 1.30 bits per heavy atom. The minimum Gasteiger partial charge on any atom is -0.350 e. The lowest BCUT2D eigenvalue weighted by molar-refractivity contribution is -0.122. The number of amides is 1. The van der Waals surface area contributed by atoms with Crippen LogP contribution < -0.4 is 11.1 Å². The molecule has 1 heterocycles. The van der Waals surface area contributed by atoms with Crippen LogP contribution in [-0.4, -0.2) is 5.91 Å². The minimum atomic E-state index is -0.611. The summed E-state index contributed by atoms with van der Waals surface area (Å²) in [5.74, 6) is -0.135. The van der Waals surface area contributed by atoms with Gasteiger partial charge in [-0.05, 0) is 35.9 Å². The summed E-state index contributed by atoms with van der Waals surface area (Å²) in [6.07, 6.45) is 0.985. The van der Waals surface area contributed by atoms with Gasteiger partial charge < -0.3 is 11.1 Å². The van der Waals surface area contributed by atoms with Crippen LogP contribution in [0.2, 0.25) is 0 Å². The van der Waals surface area contributed by atoms with Gasteiger partial charge in [0.05, 0.1) is 6.54 Å². The van der Waals surface area contributed by atoms with Crippen LogP contribution in [0.5, 0.6) is 0 Å². The van der Waals surface area contributed by atoms with Gasteiger partial charge >= 0.3 is 0 Å². The predicted octanol–water partition coefficient (Wildman–Crippen LogP) is 2.94. The first-order valence-corrected chi connectivity index (χ1v) is 7.65. The van der Waals surface area contributed by atoms with Gasteiger partial charge in [0.1, 0.15) is 6.04 Å². The Bertz CT molecular complexity index is 574. The van der Waals surface area contributed by atoms with Crippen LogP contribution in [0.1, 0.15) is 34.5 Å². The lowest BCUT2D eigenvalue weighted by Crippen LogP contribution is -2.33. The third kappa shape index (κ3) is 3.46. The van der Waals surface area contributed by atoms with Crippen molar-refractivity contribution < 1.29 is 4.79 Å². The van der Waals surface area contributed by atoms with Crippen LogP contribution in [0, 0.1) is 6.92 Å². The molecule has 0 aliphatic carbocycles. The molecule has 4 heteroatoms. The van der Waals surface area contributed by atoms with Crippen molar-refractivity contribution >= 4 is 17.2 Å². The molecule has 3 N–H and O–H groups in total. The fourth-order valence-corrected chi connectivity index (χ4v) is 2.96. The minimum absolute atomic E-state index is 0.135. The van der Waals surface area contributed by atoms with Gasteiger partial charge in [0.2, 0.25) is 5.91 Å². The first-order valence-electron chi connectivity index (χ1n) is 6.77. The molecule has 0 saturated heterocycles. The quantitative estimate of drug-likeness (QED) is 0.889. The van der Waals surface area contributed by atoms with E-state index in [1.54, 1.807) is 11.3 Å². The number of nitrogens with one attached hydrogen (secondary N) is 1. The molecule has 1 aromatic heterocycles. The number of rotatable bonds is 5. The number of hydrogen-bond acceptors (Lipinski definition) is 3. The maximum absolute atomic E-state index is 12.1. The first kappa shape index (κ1) is 14.8. The summed E-state index contributed by atoms with van der Waals surface area (Å²) < 4.78 is 0. The van der Waals surface area contributed by atoms with Crippen LogP contribution in [0.3, 0.4) is 0 Å². The summed E-state index contributed by atoms with van der Waals surface area (Å²) in [6.45, 7) is 4.68. The van der Waals surface area contributed by atoms with Crippen LogP contribution >= 0.6 is 11.3 Å². The van der Waals surface area contributed by atoms with Gasteiger partial charge in [0, 0.05) is 4.88 Å². The van der Waals surface area contributed by atoms with Crippen molar-refractivity contribution in [1.82, 2.24) is 5.32 Å². The molecular weight excluding hydrogens is 268 g/mol. The molecule has 106 valence electrons. The topological polar surface area (TPSA) is 55.1 Å². The van der Waals surface area contributed by atoms with E-state index in [0.29, 0.717) is 6.54 Å². The smallest absolute Gasteiger partial charge is 0.241 e. The fourth-order valence-electron chi connectivity index (χ4n) is 2.04. The van der Waals surface area contributed by atoms with E-state index in [1.807, 2.05) is 31.2 Å². The van der Waals surface area contributed by atoms with Gasteiger partial charge in [-0.25, -0.2) is 0 Å². The van der Waals surface area contributed by atoms with Crippen molar-refractivity contribution in [3.63, 3.8) is 0 Å². The molecule has 1 unspecified atom stereocenters. The van der Waals surface area contributed by atoms with Gasteiger partial charge in [-0.15, -0.1) is 11.3 Å². The molecule has 3 nitrogen and oxygen atoms in total. The number of carbonyl (C=O) groups is 1. The Labute approximate surface area is 123 Å². The van der Waals surface area contributed by atoms with Gasteiger partial charge in [-0.3, -0.25) is 4.79 Å². The fraction of sp³-hybridized carbons (Fsp3) is 0.312. The molecule has 1 atom stereocenters. The Kier molecular flexibility index (Phi) is 4.93. The Balaban J connectivity index is 1.96. The second kappa shape index (κ2) is 6.68. The molecule has 0 spiro atoms. The highest BCUT2D eigenvalue weighted by Crippen LogP contribution is 2.17. The van der Waals surface area contributed by atoms with Crippen molar-refractivity contribution in [2.45, 2.75) is 32.9 Å². The van der Waals surface area contributed by atoms with E-state index < -0.39 is 6.04 Å². The zero-order chi connectivity index (χ0) is 14.5. The zero-order valence-corrected chi connectivity index (χ0v) is 12.7. The molecule has 20 heavy (non-hydrogen) atoms. The molecule has 1 amide bonds. The van der Waals surface area contributed by atoms with E-state index in [1.165, 1.54) is 10.4 Å². The predicted molar refractivity (Wildman–Crippen MR) is 83.7 cm³/mol. The second-order valence-corrected chi connectivity index (χ2v) is 5.83. The van der Waals surface area contributed by atoms with Crippen LogP contribution in [0.15, 0.2) is 35.7 Å². The lowest BCUT2D eigenvalue weighted by atomic mass is 10.1. The zero-order valence-electron chi connectivity index (χ0n) is 11.8. The SMILES string of the molecule is CCc1ccsc1CNC(=O)C(N)c1ccc(C)cc1. The lowest BCUT2D eigenvalue weighted by Gasteiger charge is -2.13. The molecule has 0 fully saturated rings. The van der Waals surface area contributed by atoms with E-state index >= 15 is 0 Å². The molecule has 0 aliphatic heterocycles. The Morgan fingerprint density at radius 2 is 2.00 bits per heavy atom. The van der Waals surface area contributed by atoms with Gasteiger partial charge in [0.15, 0.2) is 0 Å². The third-order valence-electron chi connectivity index (χ3n) is 3.36. The molecule has 2 aromatic rings. The largest absolute Gasteiger partial charge is 0.350 e. The summed E-state index contributed by atoms with van der Waals surface area (Å²) in [4.78, 5) is 13.3. The normalized spacial score (nSPS) is 12.2. The Hall–Kier alpha value is -1.65. The van der Waals surface area contributed by atoms with Gasteiger partial charge in [-0.2, -0.15) is 0 Å². The number of aryl methyl sites for hydroxylation is 2. The number of carbonyl (C=O) groups excluding carboxylic acids is 1. The van der Waals surface area contributed by atoms with Gasteiger partial charge in [0.25, 0.3) is 0 Å². The average Bonchev–Trinajstić information content (AvgIpc) is 2.92. The highest BCUT2D eigenvalue weighted by Gasteiger charge is 2.15. The molecule has 2 rings (SSSR count). The summed E-state index contributed by atoms with van der Waals surface area (Å²) >= 11 is 1.67. The highest BCUT2D eigenvalue weighted by atomic mass is 32.1. The standard InChI is InChI=1S/C16H20N2OS/c1-3-12-8-9-20-14(12)10-18-16(19)15(17)13-6-4-11(2)5-7-13/h4-9,15H,3,10,17H2,1-2H3,(H,18,19). The molecule has 0 radical (unpaired) electrons.